The lowest BCUT2D eigenvalue weighted by molar-refractivity contribution is -0.121. The van der Waals surface area contributed by atoms with Crippen molar-refractivity contribution in [2.45, 2.75) is 19.4 Å². The Hall–Kier alpha value is -1.20. The number of carbonyl (C=O) groups excluding carboxylic acids is 1. The van der Waals surface area contributed by atoms with Crippen molar-refractivity contribution in [3.63, 3.8) is 0 Å². The van der Waals surface area contributed by atoms with Crippen LogP contribution in [0, 0.1) is 0 Å². The van der Waals surface area contributed by atoms with E-state index in [1.54, 1.807) is 13.8 Å². The number of anilines is 2. The molecule has 0 bridgehead atoms. The first-order valence-electron chi connectivity index (χ1n) is 4.43. The van der Waals surface area contributed by atoms with Crippen molar-refractivity contribution < 1.29 is 4.79 Å². The number of nitrogen functional groups attached to an aromatic ring is 1. The van der Waals surface area contributed by atoms with E-state index < -0.39 is 11.4 Å². The van der Waals surface area contributed by atoms with E-state index in [-0.39, 0.29) is 21.7 Å². The Morgan fingerprint density at radius 1 is 1.44 bits per heavy atom. The molecule has 0 aliphatic rings. The molecule has 0 saturated heterocycles. The summed E-state index contributed by atoms with van der Waals surface area (Å²) in [5, 5.41) is 3.33. The first kappa shape index (κ1) is 12.9. The van der Waals surface area contributed by atoms with Gasteiger partial charge in [0.15, 0.2) is 0 Å². The lowest BCUT2D eigenvalue weighted by Gasteiger charge is -2.23. The van der Waals surface area contributed by atoms with Crippen LogP contribution >= 0.6 is 23.2 Å². The standard InChI is InChI=1S/C9H12Cl2N4O/c1-9(2,8(13)16)15-7-5(11)3-4(10)6(12)14-7/h3H,1-2H3,(H2,13,16)(H3,12,14,15). The molecule has 88 valence electrons. The topological polar surface area (TPSA) is 94.0 Å². The first-order chi connectivity index (χ1) is 7.24. The summed E-state index contributed by atoms with van der Waals surface area (Å²) in [6.45, 7) is 3.22. The lowest BCUT2D eigenvalue weighted by Crippen LogP contribution is -2.45. The van der Waals surface area contributed by atoms with Crippen molar-refractivity contribution in [2.24, 2.45) is 5.73 Å². The molecular weight excluding hydrogens is 251 g/mol. The highest BCUT2D eigenvalue weighted by Crippen LogP contribution is 2.29. The van der Waals surface area contributed by atoms with Gasteiger partial charge in [-0.25, -0.2) is 4.98 Å². The van der Waals surface area contributed by atoms with Gasteiger partial charge in [-0.15, -0.1) is 0 Å². The monoisotopic (exact) mass is 262 g/mol. The first-order valence-corrected chi connectivity index (χ1v) is 5.19. The zero-order chi connectivity index (χ0) is 12.5. The minimum Gasteiger partial charge on any atom is -0.382 e. The fourth-order valence-electron chi connectivity index (χ4n) is 0.926. The van der Waals surface area contributed by atoms with Crippen LogP contribution in [0.1, 0.15) is 13.8 Å². The minimum absolute atomic E-state index is 0.133. The molecule has 1 aromatic rings. The number of nitrogens with zero attached hydrogens (tertiary/aromatic N) is 1. The number of rotatable bonds is 3. The number of primary amides is 1. The van der Waals surface area contributed by atoms with Gasteiger partial charge in [0.1, 0.15) is 17.2 Å². The smallest absolute Gasteiger partial charge is 0.242 e. The average Bonchev–Trinajstić information content (AvgIpc) is 2.13. The molecule has 0 fully saturated rings. The van der Waals surface area contributed by atoms with Gasteiger partial charge >= 0.3 is 0 Å². The third kappa shape index (κ3) is 2.68. The Kier molecular flexibility index (Phi) is 3.50. The number of nitrogens with two attached hydrogens (primary N) is 2. The van der Waals surface area contributed by atoms with E-state index >= 15 is 0 Å². The highest BCUT2D eigenvalue weighted by Gasteiger charge is 2.26. The average molecular weight is 263 g/mol. The fraction of sp³-hybridized carbons (Fsp3) is 0.333. The number of hydrogen-bond donors (Lipinski definition) is 3. The molecule has 1 aromatic heterocycles. The maximum absolute atomic E-state index is 11.1. The molecular formula is C9H12Cl2N4O. The molecule has 0 saturated carbocycles. The SMILES string of the molecule is CC(C)(Nc1nc(N)c(Cl)cc1Cl)C(N)=O. The summed E-state index contributed by atoms with van der Waals surface area (Å²) >= 11 is 11.6. The summed E-state index contributed by atoms with van der Waals surface area (Å²) < 4.78 is 0. The third-order valence-corrected chi connectivity index (χ3v) is 2.59. The summed E-state index contributed by atoms with van der Waals surface area (Å²) in [5.41, 5.74) is 9.76. The van der Waals surface area contributed by atoms with Crippen LogP contribution in [-0.2, 0) is 4.79 Å². The van der Waals surface area contributed by atoms with Crippen molar-refractivity contribution in [2.75, 3.05) is 11.1 Å². The highest BCUT2D eigenvalue weighted by atomic mass is 35.5. The second kappa shape index (κ2) is 4.35. The molecule has 1 amide bonds. The van der Waals surface area contributed by atoms with E-state index in [2.05, 4.69) is 10.3 Å². The number of hydrogen-bond acceptors (Lipinski definition) is 4. The van der Waals surface area contributed by atoms with E-state index in [4.69, 9.17) is 34.7 Å². The van der Waals surface area contributed by atoms with Crippen LogP contribution in [0.4, 0.5) is 11.6 Å². The van der Waals surface area contributed by atoms with Crippen LogP contribution < -0.4 is 16.8 Å². The second-order valence-electron chi connectivity index (χ2n) is 3.80. The number of amides is 1. The van der Waals surface area contributed by atoms with Crippen LogP contribution in [0.2, 0.25) is 10.0 Å². The minimum atomic E-state index is -0.975. The molecule has 7 heteroatoms. The molecule has 0 unspecified atom stereocenters. The number of carbonyl (C=O) groups is 1. The van der Waals surface area contributed by atoms with E-state index in [1.807, 2.05) is 0 Å². The Labute approximate surface area is 103 Å². The number of aromatic nitrogens is 1. The van der Waals surface area contributed by atoms with Crippen LogP contribution in [-0.4, -0.2) is 16.4 Å². The van der Waals surface area contributed by atoms with Crippen molar-refractivity contribution >= 4 is 40.7 Å². The third-order valence-electron chi connectivity index (χ3n) is 2.00. The van der Waals surface area contributed by atoms with Crippen molar-refractivity contribution in [1.82, 2.24) is 4.98 Å². The predicted molar refractivity (Wildman–Crippen MR) is 65.6 cm³/mol. The Morgan fingerprint density at radius 3 is 2.50 bits per heavy atom. The Balaban J connectivity index is 3.07. The van der Waals surface area contributed by atoms with Gasteiger partial charge < -0.3 is 16.8 Å². The van der Waals surface area contributed by atoms with Gasteiger partial charge in [-0.2, -0.15) is 0 Å². The van der Waals surface area contributed by atoms with Crippen LogP contribution in [0.15, 0.2) is 6.07 Å². The molecule has 0 aliphatic carbocycles. The van der Waals surface area contributed by atoms with Gasteiger partial charge in [0.25, 0.3) is 0 Å². The maximum Gasteiger partial charge on any atom is 0.242 e. The number of halogens is 2. The molecule has 1 rings (SSSR count). The summed E-state index contributed by atoms with van der Waals surface area (Å²) in [6.07, 6.45) is 0. The van der Waals surface area contributed by atoms with E-state index in [0.29, 0.717) is 0 Å². The van der Waals surface area contributed by atoms with Crippen LogP contribution in [0.3, 0.4) is 0 Å². The maximum atomic E-state index is 11.1. The van der Waals surface area contributed by atoms with E-state index in [1.165, 1.54) is 6.07 Å². The summed E-state index contributed by atoms with van der Waals surface area (Å²) in [6, 6.07) is 1.45. The molecule has 16 heavy (non-hydrogen) atoms. The van der Waals surface area contributed by atoms with Gasteiger partial charge in [-0.1, -0.05) is 23.2 Å². The fourth-order valence-corrected chi connectivity index (χ4v) is 1.33. The summed E-state index contributed by atoms with van der Waals surface area (Å²) in [5.74, 6) is -0.125. The molecule has 5 N–H and O–H groups in total. The molecule has 0 aliphatic heterocycles. The van der Waals surface area contributed by atoms with Gasteiger partial charge in [-0.05, 0) is 19.9 Å². The quantitative estimate of drug-likeness (QED) is 0.772. The Morgan fingerprint density at radius 2 is 2.00 bits per heavy atom. The van der Waals surface area contributed by atoms with Crippen molar-refractivity contribution in [1.29, 1.82) is 0 Å². The Bertz CT molecular complexity index is 434. The zero-order valence-electron chi connectivity index (χ0n) is 8.84. The number of nitrogens with one attached hydrogen (secondary N) is 1. The van der Waals surface area contributed by atoms with Crippen molar-refractivity contribution in [3.8, 4) is 0 Å². The molecule has 1 heterocycles. The van der Waals surface area contributed by atoms with Gasteiger partial charge in [0.2, 0.25) is 5.91 Å². The van der Waals surface area contributed by atoms with E-state index in [0.717, 1.165) is 0 Å². The molecule has 0 aromatic carbocycles. The lowest BCUT2D eigenvalue weighted by atomic mass is 10.1. The highest BCUT2D eigenvalue weighted by molar-refractivity contribution is 6.37. The molecule has 0 radical (unpaired) electrons. The van der Waals surface area contributed by atoms with E-state index in [9.17, 15) is 4.79 Å². The number of pyridine rings is 1. The van der Waals surface area contributed by atoms with Crippen LogP contribution in [0.5, 0.6) is 0 Å². The predicted octanol–water partition coefficient (Wildman–Crippen LogP) is 1.65. The summed E-state index contributed by atoms with van der Waals surface area (Å²) in [7, 11) is 0. The zero-order valence-corrected chi connectivity index (χ0v) is 10.4. The molecule has 5 nitrogen and oxygen atoms in total. The largest absolute Gasteiger partial charge is 0.382 e. The molecule has 0 spiro atoms. The summed E-state index contributed by atoms with van der Waals surface area (Å²) in [4.78, 5) is 15.1. The van der Waals surface area contributed by atoms with Crippen LogP contribution in [0.25, 0.3) is 0 Å². The van der Waals surface area contributed by atoms with Gasteiger partial charge in [-0.3, -0.25) is 4.79 Å². The molecule has 0 atom stereocenters. The van der Waals surface area contributed by atoms with Gasteiger partial charge in [0, 0.05) is 0 Å². The van der Waals surface area contributed by atoms with Gasteiger partial charge in [0.05, 0.1) is 10.0 Å². The normalized spacial score (nSPS) is 11.2. The second-order valence-corrected chi connectivity index (χ2v) is 4.61. The van der Waals surface area contributed by atoms with Crippen molar-refractivity contribution in [3.05, 3.63) is 16.1 Å².